The Balaban J connectivity index is 2.47. The van der Waals surface area contributed by atoms with Crippen LogP contribution in [0.15, 0.2) is 72.3 Å². The third kappa shape index (κ3) is 4.50. The Hall–Kier alpha value is -1.64. The van der Waals surface area contributed by atoms with Gasteiger partial charge in [-0.05, 0) is 35.2 Å². The Labute approximate surface area is 154 Å². The van der Waals surface area contributed by atoms with Gasteiger partial charge in [0.15, 0.2) is 0 Å². The van der Waals surface area contributed by atoms with Crippen LogP contribution in [0.4, 0.5) is 0 Å². The highest BCUT2D eigenvalue weighted by molar-refractivity contribution is 6.99. The van der Waals surface area contributed by atoms with E-state index in [2.05, 4.69) is 101 Å². The summed E-state index contributed by atoms with van der Waals surface area (Å²) in [5, 5.41) is 2.76. The molecule has 2 aromatic carbocycles. The van der Waals surface area contributed by atoms with E-state index in [1.54, 1.807) is 0 Å². The molecule has 2 heteroatoms. The highest BCUT2D eigenvalue weighted by Crippen LogP contribution is 2.36. The van der Waals surface area contributed by atoms with Crippen molar-refractivity contribution in [3.05, 3.63) is 72.3 Å². The monoisotopic (exact) mass is 352 g/mol. The Morgan fingerprint density at radius 2 is 1.40 bits per heavy atom. The van der Waals surface area contributed by atoms with Gasteiger partial charge in [0.1, 0.15) is 0 Å². The first-order chi connectivity index (χ1) is 11.9. The molecule has 0 aliphatic rings. The lowest BCUT2D eigenvalue weighted by atomic mass is 10.2. The van der Waals surface area contributed by atoms with Crippen molar-refractivity contribution in [2.75, 3.05) is 6.61 Å². The zero-order chi connectivity index (χ0) is 18.3. The second-order valence-corrected chi connectivity index (χ2v) is 12.0. The molecule has 1 nitrogen and oxygen atoms in total. The van der Waals surface area contributed by atoms with E-state index >= 15 is 0 Å². The molecule has 0 heterocycles. The lowest BCUT2D eigenvalue weighted by Gasteiger charge is -2.43. The van der Waals surface area contributed by atoms with Crippen LogP contribution in [0.5, 0.6) is 0 Å². The smallest absolute Gasteiger partial charge is 0.261 e. The van der Waals surface area contributed by atoms with E-state index < -0.39 is 8.32 Å². The number of benzene rings is 2. The molecule has 0 spiro atoms. The van der Waals surface area contributed by atoms with Crippen molar-refractivity contribution < 1.29 is 4.43 Å². The first kappa shape index (κ1) is 19.7. The molecule has 2 rings (SSSR count). The van der Waals surface area contributed by atoms with E-state index in [-0.39, 0.29) is 5.04 Å². The second-order valence-electron chi connectivity index (χ2n) is 7.72. The fourth-order valence-electron chi connectivity index (χ4n) is 3.58. The summed E-state index contributed by atoms with van der Waals surface area (Å²) in [5.74, 6) is 0. The van der Waals surface area contributed by atoms with Crippen LogP contribution in [0.3, 0.4) is 0 Å². The minimum absolute atomic E-state index is 0.0537. The van der Waals surface area contributed by atoms with Gasteiger partial charge in [-0.15, -0.1) is 0 Å². The molecule has 0 atom stereocenters. The fraction of sp³-hybridized carbons (Fsp3) is 0.391. The van der Waals surface area contributed by atoms with Gasteiger partial charge < -0.3 is 4.43 Å². The van der Waals surface area contributed by atoms with Gasteiger partial charge in [0.05, 0.1) is 0 Å². The molecule has 2 aromatic rings. The lowest BCUT2D eigenvalue weighted by Crippen LogP contribution is -2.66. The Morgan fingerprint density at radius 3 is 1.80 bits per heavy atom. The average molecular weight is 353 g/mol. The van der Waals surface area contributed by atoms with E-state index in [1.807, 2.05) is 0 Å². The zero-order valence-corrected chi connectivity index (χ0v) is 17.4. The van der Waals surface area contributed by atoms with Gasteiger partial charge in [-0.2, -0.15) is 0 Å². The highest BCUT2D eigenvalue weighted by atomic mass is 28.4. The van der Waals surface area contributed by atoms with Crippen molar-refractivity contribution in [1.82, 2.24) is 0 Å². The van der Waals surface area contributed by atoms with E-state index in [4.69, 9.17) is 4.43 Å². The highest BCUT2D eigenvalue weighted by Gasteiger charge is 2.49. The molecule has 0 aromatic heterocycles. The average Bonchev–Trinajstić information content (AvgIpc) is 2.59. The summed E-state index contributed by atoms with van der Waals surface area (Å²) in [6.07, 6.45) is 4.39. The molecule has 0 radical (unpaired) electrons. The minimum Gasteiger partial charge on any atom is -0.407 e. The number of rotatable bonds is 7. The third-order valence-electron chi connectivity index (χ3n) is 4.78. The molecule has 0 bridgehead atoms. The molecule has 0 fully saturated rings. The Bertz CT molecular complexity index is 629. The fourth-order valence-corrected chi connectivity index (χ4v) is 8.14. The summed E-state index contributed by atoms with van der Waals surface area (Å²) in [4.78, 5) is 0. The molecule has 0 N–H and O–H groups in total. The topological polar surface area (TPSA) is 9.23 Å². The predicted octanol–water partition coefficient (Wildman–Crippen LogP) is 5.31. The van der Waals surface area contributed by atoms with Crippen LogP contribution in [-0.2, 0) is 4.43 Å². The largest absolute Gasteiger partial charge is 0.407 e. The van der Waals surface area contributed by atoms with E-state index in [0.717, 1.165) is 19.4 Å². The van der Waals surface area contributed by atoms with Crippen LogP contribution in [0.1, 0.15) is 47.5 Å². The first-order valence-corrected chi connectivity index (χ1v) is 11.2. The summed E-state index contributed by atoms with van der Waals surface area (Å²) in [5.41, 5.74) is 1.42. The van der Waals surface area contributed by atoms with Gasteiger partial charge in [0.25, 0.3) is 8.32 Å². The molecule has 0 aliphatic heterocycles. The van der Waals surface area contributed by atoms with E-state index in [0.29, 0.717) is 0 Å². The molecule has 0 aliphatic carbocycles. The maximum atomic E-state index is 6.88. The van der Waals surface area contributed by atoms with Gasteiger partial charge in [-0.1, -0.05) is 100 Å². The molecular formula is C23H32OSi. The number of hydrogen-bond donors (Lipinski definition) is 0. The van der Waals surface area contributed by atoms with Gasteiger partial charge in [0.2, 0.25) is 0 Å². The van der Waals surface area contributed by atoms with Crippen LogP contribution in [0.25, 0.3) is 0 Å². The minimum atomic E-state index is -2.37. The van der Waals surface area contributed by atoms with Crippen molar-refractivity contribution in [1.29, 1.82) is 0 Å². The Morgan fingerprint density at radius 1 is 0.920 bits per heavy atom. The van der Waals surface area contributed by atoms with Gasteiger partial charge in [0, 0.05) is 6.61 Å². The molecule has 0 unspecified atom stereocenters. The zero-order valence-electron chi connectivity index (χ0n) is 16.4. The van der Waals surface area contributed by atoms with Crippen LogP contribution in [0, 0.1) is 0 Å². The van der Waals surface area contributed by atoms with E-state index in [9.17, 15) is 0 Å². The SMILES string of the molecule is CCC=C(C)CCO[Si](c1ccccc1)(c1ccccc1)C(C)(C)C. The van der Waals surface area contributed by atoms with Crippen molar-refractivity contribution in [3.8, 4) is 0 Å². The Kier molecular flexibility index (Phi) is 6.80. The molecular weight excluding hydrogens is 320 g/mol. The molecule has 134 valence electrons. The van der Waals surface area contributed by atoms with Crippen LogP contribution in [0.2, 0.25) is 5.04 Å². The molecule has 0 saturated heterocycles. The molecule has 0 saturated carbocycles. The summed E-state index contributed by atoms with van der Waals surface area (Å²) in [7, 11) is -2.37. The van der Waals surface area contributed by atoms with Crippen molar-refractivity contribution >= 4 is 18.7 Å². The number of hydrogen-bond acceptors (Lipinski definition) is 1. The second kappa shape index (κ2) is 8.64. The van der Waals surface area contributed by atoms with Crippen molar-refractivity contribution in [3.63, 3.8) is 0 Å². The lowest BCUT2D eigenvalue weighted by molar-refractivity contribution is 0.301. The summed E-state index contributed by atoms with van der Waals surface area (Å²) < 4.78 is 6.88. The maximum Gasteiger partial charge on any atom is 0.261 e. The quantitative estimate of drug-likeness (QED) is 0.485. The van der Waals surface area contributed by atoms with Crippen LogP contribution < -0.4 is 10.4 Å². The van der Waals surface area contributed by atoms with Crippen LogP contribution in [-0.4, -0.2) is 14.9 Å². The first-order valence-electron chi connectivity index (χ1n) is 9.32. The molecule has 0 amide bonds. The van der Waals surface area contributed by atoms with Crippen molar-refractivity contribution in [2.24, 2.45) is 0 Å². The predicted molar refractivity (Wildman–Crippen MR) is 112 cm³/mol. The third-order valence-corrected chi connectivity index (χ3v) is 9.83. The van der Waals surface area contributed by atoms with Gasteiger partial charge in [-0.25, -0.2) is 0 Å². The molecule has 25 heavy (non-hydrogen) atoms. The maximum absolute atomic E-state index is 6.88. The number of allylic oxidation sites excluding steroid dienone is 1. The van der Waals surface area contributed by atoms with E-state index in [1.165, 1.54) is 15.9 Å². The summed E-state index contributed by atoms with van der Waals surface area (Å²) >= 11 is 0. The normalized spacial score (nSPS) is 13.1. The van der Waals surface area contributed by atoms with Crippen molar-refractivity contribution in [2.45, 2.75) is 52.5 Å². The van der Waals surface area contributed by atoms with Crippen LogP contribution >= 0.6 is 0 Å². The summed E-state index contributed by atoms with van der Waals surface area (Å²) in [6, 6.07) is 21.7. The van der Waals surface area contributed by atoms with Gasteiger partial charge in [-0.3, -0.25) is 0 Å². The van der Waals surface area contributed by atoms with Gasteiger partial charge >= 0.3 is 0 Å². The summed E-state index contributed by atoms with van der Waals surface area (Å²) in [6.45, 7) is 12.1. The standard InChI is InChI=1S/C23H32OSi/c1-6-13-20(2)18-19-24-25(23(3,4)5,21-14-9-7-10-15-21)22-16-11-8-12-17-22/h7-17H,6,18-19H2,1-5H3.